The first-order valence-corrected chi connectivity index (χ1v) is 6.01. The van der Waals surface area contributed by atoms with E-state index in [0.29, 0.717) is 11.8 Å². The number of pyridine rings is 1. The largest absolute Gasteiger partial charge is 0.491 e. The van der Waals surface area contributed by atoms with Gasteiger partial charge in [0.25, 0.3) is 0 Å². The minimum absolute atomic E-state index is 0.0656. The van der Waals surface area contributed by atoms with Crippen molar-refractivity contribution in [2.75, 3.05) is 5.73 Å². The minimum atomic E-state index is -5.07. The molecule has 0 saturated heterocycles. The van der Waals surface area contributed by atoms with Gasteiger partial charge in [-0.25, -0.2) is 4.57 Å². The van der Waals surface area contributed by atoms with Gasteiger partial charge in [0.15, 0.2) is 0 Å². The van der Waals surface area contributed by atoms with Crippen molar-refractivity contribution in [2.45, 2.75) is 12.7 Å². The van der Waals surface area contributed by atoms with Crippen LogP contribution in [0, 0.1) is 10.1 Å². The summed E-state index contributed by atoms with van der Waals surface area (Å²) in [6.07, 6.45) is -4.64. The van der Waals surface area contributed by atoms with Crippen LogP contribution in [0.25, 0.3) is 0 Å². The molecule has 116 valence electrons. The van der Waals surface area contributed by atoms with Gasteiger partial charge in [-0.2, -0.15) is 0 Å². The van der Waals surface area contributed by atoms with Crippen LogP contribution in [-0.4, -0.2) is 9.49 Å². The van der Waals surface area contributed by atoms with Crippen LogP contribution in [0.3, 0.4) is 0 Å². The summed E-state index contributed by atoms with van der Waals surface area (Å²) < 4.78 is 37.9. The summed E-state index contributed by atoms with van der Waals surface area (Å²) in [5.74, 6) is 0. The van der Waals surface area contributed by atoms with Gasteiger partial charge < -0.3 is 5.73 Å². The normalized spacial score (nSPS) is 11.4. The molecule has 0 unspecified atom stereocenters. The number of nitrogens with zero attached hydrogens (tertiary/aromatic N) is 2. The summed E-state index contributed by atoms with van der Waals surface area (Å²) in [6.45, 7) is 0. The van der Waals surface area contributed by atoms with E-state index in [0.717, 1.165) is 0 Å². The van der Waals surface area contributed by atoms with Crippen molar-refractivity contribution < 1.29 is 18.1 Å². The van der Waals surface area contributed by atoms with E-state index in [-0.39, 0.29) is 12.0 Å². The zero-order chi connectivity index (χ0) is 16.5. The van der Waals surface area contributed by atoms with Gasteiger partial charge >= 0.3 is 17.5 Å². The molecular formula is C13H10F3N3O3. The highest BCUT2D eigenvalue weighted by atomic mass is 19.4. The quantitative estimate of drug-likeness (QED) is 0.696. The number of anilines is 1. The Morgan fingerprint density at radius 1 is 1.23 bits per heavy atom. The lowest BCUT2D eigenvalue weighted by Crippen LogP contribution is -2.33. The molecule has 0 spiro atoms. The Balaban J connectivity index is 2.66. The van der Waals surface area contributed by atoms with Crippen LogP contribution in [0.1, 0.15) is 11.1 Å². The standard InChI is InChI=1S/C13H10F3N3O3/c14-13(15,16)18-7-9(6-8-4-2-1-3-5-8)10(17)11(12(18)20)19(21)22/h1-5,7H,6,17H2. The van der Waals surface area contributed by atoms with E-state index in [1.165, 1.54) is 0 Å². The number of alkyl halides is 3. The van der Waals surface area contributed by atoms with Gasteiger partial charge in [0, 0.05) is 18.2 Å². The minimum Gasteiger partial charge on any atom is -0.393 e. The van der Waals surface area contributed by atoms with Crippen molar-refractivity contribution >= 4 is 11.4 Å². The van der Waals surface area contributed by atoms with Gasteiger partial charge in [0.05, 0.1) is 4.92 Å². The summed E-state index contributed by atoms with van der Waals surface area (Å²) in [5.41, 5.74) is 2.36. The van der Waals surface area contributed by atoms with Gasteiger partial charge in [0.1, 0.15) is 5.69 Å². The molecule has 0 aliphatic rings. The fourth-order valence-corrected chi connectivity index (χ4v) is 1.99. The number of nitrogens with two attached hydrogens (primary N) is 1. The Kier molecular flexibility index (Phi) is 3.89. The highest BCUT2D eigenvalue weighted by molar-refractivity contribution is 5.62. The number of aromatic nitrogens is 1. The van der Waals surface area contributed by atoms with Crippen molar-refractivity contribution in [3.8, 4) is 0 Å². The zero-order valence-electron chi connectivity index (χ0n) is 11.0. The molecule has 0 amide bonds. The van der Waals surface area contributed by atoms with E-state index in [1.807, 2.05) is 0 Å². The van der Waals surface area contributed by atoms with E-state index < -0.39 is 32.7 Å². The van der Waals surface area contributed by atoms with Crippen molar-refractivity contribution in [3.63, 3.8) is 0 Å². The lowest BCUT2D eigenvalue weighted by molar-refractivity contribution is -0.386. The van der Waals surface area contributed by atoms with Crippen LogP contribution in [0.15, 0.2) is 41.3 Å². The molecule has 1 heterocycles. The summed E-state index contributed by atoms with van der Waals surface area (Å²) in [4.78, 5) is 21.3. The van der Waals surface area contributed by atoms with E-state index in [1.54, 1.807) is 30.3 Å². The number of nitro groups is 1. The van der Waals surface area contributed by atoms with Crippen LogP contribution >= 0.6 is 0 Å². The molecule has 2 rings (SSSR count). The van der Waals surface area contributed by atoms with Gasteiger partial charge in [-0.05, 0) is 5.56 Å². The molecule has 0 aliphatic heterocycles. The van der Waals surface area contributed by atoms with Crippen molar-refractivity contribution in [1.29, 1.82) is 0 Å². The van der Waals surface area contributed by atoms with Crippen LogP contribution in [0.4, 0.5) is 24.5 Å². The predicted octanol–water partition coefficient (Wildman–Crippen LogP) is 2.41. The zero-order valence-corrected chi connectivity index (χ0v) is 11.0. The first kappa shape index (κ1) is 15.5. The van der Waals surface area contributed by atoms with Crippen molar-refractivity contribution in [1.82, 2.24) is 4.57 Å². The summed E-state index contributed by atoms with van der Waals surface area (Å²) >= 11 is 0. The van der Waals surface area contributed by atoms with Crippen LogP contribution in [0.2, 0.25) is 0 Å². The molecule has 0 fully saturated rings. The van der Waals surface area contributed by atoms with Crippen LogP contribution < -0.4 is 11.3 Å². The number of nitrogen functional groups attached to an aromatic ring is 1. The third-order valence-corrected chi connectivity index (χ3v) is 3.00. The van der Waals surface area contributed by atoms with E-state index in [9.17, 15) is 28.1 Å². The SMILES string of the molecule is Nc1c(Cc2ccccc2)cn(C(F)(F)F)c(=O)c1[N+](=O)[O-]. The molecule has 22 heavy (non-hydrogen) atoms. The van der Waals surface area contributed by atoms with E-state index in [4.69, 9.17) is 5.73 Å². The Morgan fingerprint density at radius 3 is 2.32 bits per heavy atom. The molecule has 0 saturated carbocycles. The molecule has 1 aromatic carbocycles. The fraction of sp³-hybridized carbons (Fsp3) is 0.154. The lowest BCUT2D eigenvalue weighted by atomic mass is 10.0. The van der Waals surface area contributed by atoms with Gasteiger partial charge in [0.2, 0.25) is 0 Å². The Morgan fingerprint density at radius 2 is 1.82 bits per heavy atom. The molecule has 9 heteroatoms. The van der Waals surface area contributed by atoms with E-state index >= 15 is 0 Å². The molecule has 1 aromatic heterocycles. The van der Waals surface area contributed by atoms with Crippen molar-refractivity contribution in [2.24, 2.45) is 0 Å². The predicted molar refractivity (Wildman–Crippen MR) is 72.3 cm³/mol. The van der Waals surface area contributed by atoms with Crippen LogP contribution in [-0.2, 0) is 12.7 Å². The maximum atomic E-state index is 12.8. The number of hydrogen-bond donors (Lipinski definition) is 1. The molecule has 0 bridgehead atoms. The third-order valence-electron chi connectivity index (χ3n) is 3.00. The number of benzene rings is 1. The Hall–Kier alpha value is -2.84. The topological polar surface area (TPSA) is 91.2 Å². The molecular weight excluding hydrogens is 303 g/mol. The molecule has 0 atom stereocenters. The monoisotopic (exact) mass is 313 g/mol. The third kappa shape index (κ3) is 2.92. The number of hydrogen-bond acceptors (Lipinski definition) is 4. The average Bonchev–Trinajstić information content (AvgIpc) is 2.41. The molecule has 2 aromatic rings. The fourth-order valence-electron chi connectivity index (χ4n) is 1.99. The molecule has 0 radical (unpaired) electrons. The maximum absolute atomic E-state index is 12.8. The Bertz CT molecular complexity index is 770. The van der Waals surface area contributed by atoms with Crippen molar-refractivity contribution in [3.05, 3.63) is 68.1 Å². The van der Waals surface area contributed by atoms with Gasteiger partial charge in [-0.3, -0.25) is 14.9 Å². The molecule has 0 aliphatic carbocycles. The smallest absolute Gasteiger partial charge is 0.393 e. The Labute approximate surface area is 121 Å². The van der Waals surface area contributed by atoms with Crippen LogP contribution in [0.5, 0.6) is 0 Å². The second kappa shape index (κ2) is 5.51. The van der Waals surface area contributed by atoms with Gasteiger partial charge in [-0.15, -0.1) is 13.2 Å². The first-order valence-electron chi connectivity index (χ1n) is 6.01. The van der Waals surface area contributed by atoms with Gasteiger partial charge in [-0.1, -0.05) is 30.3 Å². The summed E-state index contributed by atoms with van der Waals surface area (Å²) in [5, 5.41) is 10.9. The first-order chi connectivity index (χ1) is 10.2. The summed E-state index contributed by atoms with van der Waals surface area (Å²) in [7, 11) is 0. The highest BCUT2D eigenvalue weighted by Gasteiger charge is 2.36. The highest BCUT2D eigenvalue weighted by Crippen LogP contribution is 2.28. The molecule has 2 N–H and O–H groups in total. The van der Waals surface area contributed by atoms with E-state index in [2.05, 4.69) is 0 Å². The maximum Gasteiger partial charge on any atom is 0.491 e. The number of rotatable bonds is 3. The second-order valence-electron chi connectivity index (χ2n) is 4.48. The number of halogens is 3. The average molecular weight is 313 g/mol. The second-order valence-corrected chi connectivity index (χ2v) is 4.48. The molecule has 6 nitrogen and oxygen atoms in total. The lowest BCUT2D eigenvalue weighted by Gasteiger charge is -2.13. The summed E-state index contributed by atoms with van der Waals surface area (Å²) in [6, 6.07) is 8.31.